The van der Waals surface area contributed by atoms with Crippen LogP contribution in [0.2, 0.25) is 0 Å². The van der Waals surface area contributed by atoms with E-state index in [4.69, 9.17) is 5.73 Å². The lowest BCUT2D eigenvalue weighted by Crippen LogP contribution is -2.08. The number of nitrogen functional groups attached to an aromatic ring is 1. The zero-order valence-corrected chi connectivity index (χ0v) is 11.0. The second kappa shape index (κ2) is 5.36. The van der Waals surface area contributed by atoms with Crippen molar-refractivity contribution >= 4 is 17.3 Å². The Kier molecular flexibility index (Phi) is 3.78. The van der Waals surface area contributed by atoms with Crippen molar-refractivity contribution in [3.05, 3.63) is 41.0 Å². The van der Waals surface area contributed by atoms with Crippen LogP contribution < -0.4 is 11.1 Å². The number of benzene rings is 1. The van der Waals surface area contributed by atoms with Crippen molar-refractivity contribution in [3.63, 3.8) is 0 Å². The van der Waals surface area contributed by atoms with Gasteiger partial charge in [0, 0.05) is 24.1 Å². The van der Waals surface area contributed by atoms with E-state index in [1.807, 2.05) is 6.92 Å². The average Bonchev–Trinajstić information content (AvgIpc) is 2.38. The number of anilines is 3. The molecule has 1 heterocycles. The number of rotatable bonds is 3. The molecule has 7 heteroatoms. The third-order valence-electron chi connectivity index (χ3n) is 2.80. The summed E-state index contributed by atoms with van der Waals surface area (Å²) in [7, 11) is 0. The fourth-order valence-electron chi connectivity index (χ4n) is 1.64. The van der Waals surface area contributed by atoms with E-state index in [9.17, 15) is 13.2 Å². The summed E-state index contributed by atoms with van der Waals surface area (Å²) in [6, 6.07) is 1.18. The Bertz CT molecular complexity index is 635. The Labute approximate surface area is 113 Å². The minimum atomic E-state index is -1.04. The van der Waals surface area contributed by atoms with Gasteiger partial charge in [-0.2, -0.15) is 0 Å². The number of nitrogens with one attached hydrogen (secondary N) is 1. The quantitative estimate of drug-likeness (QED) is 0.908. The molecular weight excluding hydrogens is 269 g/mol. The first-order valence-corrected chi connectivity index (χ1v) is 5.97. The van der Waals surface area contributed by atoms with Crippen LogP contribution in [0.4, 0.5) is 30.5 Å². The highest BCUT2D eigenvalue weighted by Crippen LogP contribution is 2.26. The zero-order valence-electron chi connectivity index (χ0n) is 11.0. The van der Waals surface area contributed by atoms with E-state index in [1.54, 1.807) is 6.92 Å². The van der Waals surface area contributed by atoms with Gasteiger partial charge in [0.15, 0.2) is 11.6 Å². The van der Waals surface area contributed by atoms with Crippen LogP contribution in [0.15, 0.2) is 12.1 Å². The van der Waals surface area contributed by atoms with Gasteiger partial charge in [-0.25, -0.2) is 23.1 Å². The molecule has 0 unspecified atom stereocenters. The molecule has 0 amide bonds. The molecular formula is C13H13F3N4. The lowest BCUT2D eigenvalue weighted by molar-refractivity contribution is 0.548. The van der Waals surface area contributed by atoms with Gasteiger partial charge in [-0.15, -0.1) is 0 Å². The number of nitrogens with zero attached hydrogens (tertiary/aromatic N) is 2. The first-order valence-electron chi connectivity index (χ1n) is 5.97. The third-order valence-corrected chi connectivity index (χ3v) is 2.80. The molecule has 0 aliphatic rings. The Morgan fingerprint density at radius 1 is 1.15 bits per heavy atom. The molecule has 2 rings (SSSR count). The average molecular weight is 282 g/mol. The van der Waals surface area contributed by atoms with E-state index in [-0.39, 0.29) is 11.6 Å². The number of halogens is 3. The van der Waals surface area contributed by atoms with Gasteiger partial charge >= 0.3 is 0 Å². The maximum atomic E-state index is 13.6. The molecule has 0 radical (unpaired) electrons. The van der Waals surface area contributed by atoms with Crippen LogP contribution in [-0.2, 0) is 6.42 Å². The van der Waals surface area contributed by atoms with Gasteiger partial charge in [-0.05, 0) is 6.92 Å². The largest absolute Gasteiger partial charge is 0.383 e. The first-order chi connectivity index (χ1) is 9.42. The van der Waals surface area contributed by atoms with Crippen LogP contribution in [0, 0.1) is 24.4 Å². The van der Waals surface area contributed by atoms with E-state index in [0.29, 0.717) is 29.9 Å². The summed E-state index contributed by atoms with van der Waals surface area (Å²) in [5.41, 5.74) is 5.70. The molecule has 0 aliphatic heterocycles. The van der Waals surface area contributed by atoms with Gasteiger partial charge in [0.05, 0.1) is 0 Å². The van der Waals surface area contributed by atoms with Crippen molar-refractivity contribution in [1.82, 2.24) is 9.97 Å². The lowest BCUT2D eigenvalue weighted by atomic mass is 10.2. The monoisotopic (exact) mass is 282 g/mol. The Hall–Kier alpha value is -2.31. The van der Waals surface area contributed by atoms with Crippen molar-refractivity contribution in [2.75, 3.05) is 11.1 Å². The Balaban J connectivity index is 2.47. The zero-order chi connectivity index (χ0) is 14.9. The highest BCUT2D eigenvalue weighted by atomic mass is 19.1. The summed E-state index contributed by atoms with van der Waals surface area (Å²) in [5.74, 6) is -2.22. The van der Waals surface area contributed by atoms with Gasteiger partial charge in [-0.3, -0.25) is 0 Å². The molecule has 1 aromatic heterocycles. The van der Waals surface area contributed by atoms with Gasteiger partial charge < -0.3 is 11.1 Å². The molecule has 0 bridgehead atoms. The molecule has 4 nitrogen and oxygen atoms in total. The van der Waals surface area contributed by atoms with Gasteiger partial charge in [0.25, 0.3) is 0 Å². The molecule has 0 fully saturated rings. The first kappa shape index (κ1) is 14.1. The van der Waals surface area contributed by atoms with Crippen molar-refractivity contribution < 1.29 is 13.2 Å². The number of aryl methyl sites for hydroxylation is 1. The molecule has 0 atom stereocenters. The summed E-state index contributed by atoms with van der Waals surface area (Å²) in [6.45, 7) is 3.45. The smallest absolute Gasteiger partial charge is 0.152 e. The van der Waals surface area contributed by atoms with Crippen LogP contribution in [0.1, 0.15) is 18.3 Å². The molecule has 0 aliphatic carbocycles. The normalized spacial score (nSPS) is 10.7. The fraction of sp³-hybridized carbons (Fsp3) is 0.231. The van der Waals surface area contributed by atoms with Crippen LogP contribution >= 0.6 is 0 Å². The Morgan fingerprint density at radius 2 is 1.75 bits per heavy atom. The van der Waals surface area contributed by atoms with Crippen LogP contribution in [-0.4, -0.2) is 9.97 Å². The second-order valence-corrected chi connectivity index (χ2v) is 4.22. The van der Waals surface area contributed by atoms with Crippen molar-refractivity contribution in [3.8, 4) is 0 Å². The minimum absolute atomic E-state index is 0.193. The SMILES string of the molecule is CCc1nc(N)c(C)c(Nc2c(F)cc(F)cc2F)n1. The highest BCUT2D eigenvalue weighted by Gasteiger charge is 2.15. The summed E-state index contributed by atoms with van der Waals surface area (Å²) < 4.78 is 40.0. The molecule has 0 spiro atoms. The third kappa shape index (κ3) is 2.66. The number of hydrogen-bond donors (Lipinski definition) is 2. The fourth-order valence-corrected chi connectivity index (χ4v) is 1.64. The van der Waals surface area contributed by atoms with Crippen molar-refractivity contribution in [2.24, 2.45) is 0 Å². The predicted octanol–water partition coefficient (Wildman–Crippen LogP) is 3.09. The molecule has 3 N–H and O–H groups in total. The van der Waals surface area contributed by atoms with Crippen LogP contribution in [0.3, 0.4) is 0 Å². The lowest BCUT2D eigenvalue weighted by Gasteiger charge is -2.12. The van der Waals surface area contributed by atoms with E-state index < -0.39 is 23.1 Å². The van der Waals surface area contributed by atoms with E-state index in [1.165, 1.54) is 0 Å². The summed E-state index contributed by atoms with van der Waals surface area (Å²) in [5, 5.41) is 2.50. The van der Waals surface area contributed by atoms with E-state index >= 15 is 0 Å². The standard InChI is InChI=1S/C13H13F3N4/c1-3-10-18-12(17)6(2)13(19-10)20-11-8(15)4-7(14)5-9(11)16/h4-5H,3H2,1-2H3,(H3,17,18,19,20). The van der Waals surface area contributed by atoms with Crippen molar-refractivity contribution in [1.29, 1.82) is 0 Å². The molecule has 0 saturated heterocycles. The van der Waals surface area contributed by atoms with Crippen LogP contribution in [0.25, 0.3) is 0 Å². The topological polar surface area (TPSA) is 63.8 Å². The maximum absolute atomic E-state index is 13.6. The highest BCUT2D eigenvalue weighted by molar-refractivity contribution is 5.64. The second-order valence-electron chi connectivity index (χ2n) is 4.22. The predicted molar refractivity (Wildman–Crippen MR) is 70.2 cm³/mol. The van der Waals surface area contributed by atoms with E-state index in [2.05, 4.69) is 15.3 Å². The summed E-state index contributed by atoms with van der Waals surface area (Å²) >= 11 is 0. The molecule has 0 saturated carbocycles. The van der Waals surface area contributed by atoms with Gasteiger partial charge in [0.1, 0.15) is 29.0 Å². The number of hydrogen-bond acceptors (Lipinski definition) is 4. The summed E-state index contributed by atoms with van der Waals surface area (Å²) in [4.78, 5) is 8.15. The number of nitrogens with two attached hydrogens (primary N) is 1. The molecule has 2 aromatic rings. The summed E-state index contributed by atoms with van der Waals surface area (Å²) in [6.07, 6.45) is 0.521. The van der Waals surface area contributed by atoms with Gasteiger partial charge in [-0.1, -0.05) is 6.92 Å². The Morgan fingerprint density at radius 3 is 2.30 bits per heavy atom. The van der Waals surface area contributed by atoms with Gasteiger partial charge in [0.2, 0.25) is 0 Å². The molecule has 106 valence electrons. The molecule has 20 heavy (non-hydrogen) atoms. The van der Waals surface area contributed by atoms with Crippen LogP contribution in [0.5, 0.6) is 0 Å². The maximum Gasteiger partial charge on any atom is 0.152 e. The van der Waals surface area contributed by atoms with Crippen molar-refractivity contribution in [2.45, 2.75) is 20.3 Å². The molecule has 1 aromatic carbocycles. The number of aromatic nitrogens is 2. The van der Waals surface area contributed by atoms with E-state index in [0.717, 1.165) is 0 Å². The minimum Gasteiger partial charge on any atom is -0.383 e.